The van der Waals surface area contributed by atoms with Gasteiger partial charge in [-0.1, -0.05) is 311 Å². The number of hydrogen-bond donors (Lipinski definition) is 2. The molecule has 96 heavy (non-hydrogen) atoms. The molecule has 7 rings (SSSR count). The standard InChI is InChI=1S/C84H134N6S6/c1-7-13-19-25-31-37-43-49-55-91-73-61-67-68(62-74(73)92-56-50-44-38-32-26-20-14-8-2)80-85-79(67)88-81-69-63-75(93-57-51-45-39-33-27-21-15-9-3)76(94-58-52-46-40-34-28-22-16-10-4)64-70(69)83(86-81)90-84-72-66-78(96-60-54-48-42-36-30-24-18-12-6)77(65-71(72)82(87-84)89-80)95-59-53-47-41-35-29-23-17-11-5/h61-66H,7-60H2,1-6H3,(H2,85,86,87,88,89,90). The fraction of sp³-hybridized carbons (Fsp3) is 0.714. The Labute approximate surface area is 612 Å². The van der Waals surface area contributed by atoms with Gasteiger partial charge in [0.2, 0.25) is 0 Å². The highest BCUT2D eigenvalue weighted by molar-refractivity contribution is 8.03. The molecule has 1 aliphatic rings. The summed E-state index contributed by atoms with van der Waals surface area (Å²) < 4.78 is 0. The van der Waals surface area contributed by atoms with Gasteiger partial charge in [0.1, 0.15) is 22.6 Å². The molecule has 6 nitrogen and oxygen atoms in total. The molecule has 0 radical (unpaired) electrons. The number of aromatic nitrogens is 6. The molecule has 2 N–H and O–H groups in total. The maximum Gasteiger partial charge on any atom is 0.164 e. The molecule has 0 unspecified atom stereocenters. The van der Waals surface area contributed by atoms with Gasteiger partial charge in [0.25, 0.3) is 0 Å². The quantitative estimate of drug-likeness (QED) is 0.0284. The molecule has 1 aliphatic heterocycles. The summed E-state index contributed by atoms with van der Waals surface area (Å²) >= 11 is 12.4. The molecule has 0 aliphatic carbocycles. The SMILES string of the molecule is CCCCCCCCCCSc1cc2c(cc1SCCCCCCCCCC)-c1nc-2nc2[nH]c(nc3[nH]c(n1)c1cc(SCCCCCCCCCC)c(SCCCCCCCCCC)cc31)c1cc(SCCCCCCCCCC)c(SCCCCCCCCCC)cc21. The molecule has 0 spiro atoms. The van der Waals surface area contributed by atoms with Gasteiger partial charge in [-0.25, -0.2) is 19.9 Å². The van der Waals surface area contributed by atoms with Crippen LogP contribution in [0, 0.1) is 0 Å². The molecule has 6 bridgehead atoms. The summed E-state index contributed by atoms with van der Waals surface area (Å²) in [5, 5.41) is 4.56. The maximum atomic E-state index is 5.76. The number of aromatic amines is 2. The fourth-order valence-corrected chi connectivity index (χ4v) is 20.5. The summed E-state index contributed by atoms with van der Waals surface area (Å²) in [6.45, 7) is 13.9. The maximum absolute atomic E-state index is 5.76. The molecule has 536 valence electrons. The number of thioether (sulfide) groups is 6. The minimum Gasteiger partial charge on any atom is -0.324 e. The second kappa shape index (κ2) is 51.0. The van der Waals surface area contributed by atoms with Gasteiger partial charge in [-0.15, -0.1) is 70.6 Å². The number of benzene rings is 3. The molecule has 0 fully saturated rings. The summed E-state index contributed by atoms with van der Waals surface area (Å²) in [4.78, 5) is 39.0. The van der Waals surface area contributed by atoms with Crippen molar-refractivity contribution in [2.24, 2.45) is 0 Å². The van der Waals surface area contributed by atoms with E-state index in [1.165, 1.54) is 338 Å². The molecule has 4 heterocycles. The zero-order chi connectivity index (χ0) is 67.3. The lowest BCUT2D eigenvalue weighted by Gasteiger charge is -2.12. The third kappa shape index (κ3) is 29.6. The van der Waals surface area contributed by atoms with Crippen LogP contribution in [-0.4, -0.2) is 64.4 Å². The number of nitrogens with zero attached hydrogens (tertiary/aromatic N) is 4. The van der Waals surface area contributed by atoms with Gasteiger partial charge in [0.15, 0.2) is 11.6 Å². The van der Waals surface area contributed by atoms with Crippen LogP contribution in [-0.2, 0) is 0 Å². The van der Waals surface area contributed by atoms with Crippen LogP contribution in [0.3, 0.4) is 0 Å². The first-order valence-electron chi connectivity index (χ1n) is 40.5. The second-order valence-corrected chi connectivity index (χ2v) is 35.0. The Kier molecular flexibility index (Phi) is 43.1. The molecular weight excluding hydrogens is 1290 g/mol. The predicted molar refractivity (Wildman–Crippen MR) is 438 cm³/mol. The van der Waals surface area contributed by atoms with Gasteiger partial charge in [-0.2, -0.15) is 0 Å². The van der Waals surface area contributed by atoms with Gasteiger partial charge in [-0.05, 0) is 109 Å². The minimum atomic E-state index is 0.756. The van der Waals surface area contributed by atoms with Gasteiger partial charge < -0.3 is 9.97 Å². The highest BCUT2D eigenvalue weighted by Crippen LogP contribution is 2.45. The fourth-order valence-electron chi connectivity index (χ4n) is 13.6. The summed E-state index contributed by atoms with van der Waals surface area (Å²) in [5.41, 5.74) is 5.63. The molecule has 0 saturated carbocycles. The van der Waals surface area contributed by atoms with E-state index in [9.17, 15) is 0 Å². The number of rotatable bonds is 60. The average Bonchev–Trinajstić information content (AvgIpc) is 1.59. The molecular formula is C84H134N6S6. The Balaban J connectivity index is 1.33. The van der Waals surface area contributed by atoms with Crippen molar-refractivity contribution in [3.63, 3.8) is 0 Å². The lowest BCUT2D eigenvalue weighted by Crippen LogP contribution is -1.91. The molecule has 0 atom stereocenters. The van der Waals surface area contributed by atoms with Crippen LogP contribution < -0.4 is 0 Å². The Hall–Kier alpha value is -2.22. The number of H-pyrrole nitrogens is 2. The van der Waals surface area contributed by atoms with Crippen molar-refractivity contribution in [1.82, 2.24) is 29.9 Å². The highest BCUT2D eigenvalue weighted by atomic mass is 32.2. The highest BCUT2D eigenvalue weighted by Gasteiger charge is 2.25. The van der Waals surface area contributed by atoms with Gasteiger partial charge in [-0.3, -0.25) is 0 Å². The zero-order valence-electron chi connectivity index (χ0n) is 61.9. The van der Waals surface area contributed by atoms with E-state index in [1.807, 2.05) is 0 Å². The molecule has 3 aromatic carbocycles. The normalized spacial score (nSPS) is 12.1. The average molecular weight is 1420 g/mol. The Morgan fingerprint density at radius 3 is 0.594 bits per heavy atom. The topological polar surface area (TPSA) is 83.1 Å². The van der Waals surface area contributed by atoms with E-state index >= 15 is 0 Å². The Morgan fingerprint density at radius 2 is 0.385 bits per heavy atom. The molecule has 6 aromatic rings. The van der Waals surface area contributed by atoms with Crippen LogP contribution in [0.25, 0.3) is 66.9 Å². The number of unbranched alkanes of at least 4 members (excludes halogenated alkanes) is 42. The number of hydrogen-bond acceptors (Lipinski definition) is 10. The van der Waals surface area contributed by atoms with Crippen LogP contribution in [0.15, 0.2) is 65.8 Å². The summed E-state index contributed by atoms with van der Waals surface area (Å²) in [5.74, 6) is 8.31. The lowest BCUT2D eigenvalue weighted by atomic mass is 10.1. The lowest BCUT2D eigenvalue weighted by molar-refractivity contribution is 0.586. The van der Waals surface area contributed by atoms with E-state index < -0.39 is 0 Å². The van der Waals surface area contributed by atoms with Crippen molar-refractivity contribution in [3.8, 4) is 22.8 Å². The summed E-state index contributed by atoms with van der Waals surface area (Å²) in [6.07, 6.45) is 64.3. The smallest absolute Gasteiger partial charge is 0.164 e. The van der Waals surface area contributed by atoms with E-state index in [2.05, 4.69) is 158 Å². The second-order valence-electron chi connectivity index (χ2n) is 28.2. The minimum absolute atomic E-state index is 0.756. The number of fused-ring (bicyclic) bond motifs is 15. The van der Waals surface area contributed by atoms with Crippen molar-refractivity contribution in [1.29, 1.82) is 0 Å². The number of nitrogens with one attached hydrogen (secondary N) is 2. The largest absolute Gasteiger partial charge is 0.324 e. The molecule has 0 amide bonds. The van der Waals surface area contributed by atoms with E-state index in [0.717, 1.165) is 101 Å². The first-order valence-corrected chi connectivity index (χ1v) is 46.4. The van der Waals surface area contributed by atoms with Crippen LogP contribution in [0.5, 0.6) is 0 Å². The first kappa shape index (κ1) is 81.1. The summed E-state index contributed by atoms with van der Waals surface area (Å²) in [6, 6.07) is 14.9. The Morgan fingerprint density at radius 1 is 0.208 bits per heavy atom. The first-order chi connectivity index (χ1) is 47.5. The monoisotopic (exact) mass is 1420 g/mol. The van der Waals surface area contributed by atoms with Gasteiger partial charge in [0, 0.05) is 62.0 Å². The van der Waals surface area contributed by atoms with E-state index in [0.29, 0.717) is 0 Å². The third-order valence-corrected chi connectivity index (χ3v) is 26.9. The van der Waals surface area contributed by atoms with E-state index in [-0.39, 0.29) is 0 Å². The molecule has 3 aromatic heterocycles. The zero-order valence-corrected chi connectivity index (χ0v) is 66.8. The van der Waals surface area contributed by atoms with Gasteiger partial charge >= 0.3 is 0 Å². The Bertz CT molecular complexity index is 2910. The summed E-state index contributed by atoms with van der Waals surface area (Å²) in [7, 11) is 0. The van der Waals surface area contributed by atoms with Crippen LogP contribution >= 0.6 is 70.6 Å². The van der Waals surface area contributed by atoms with Crippen LogP contribution in [0.2, 0.25) is 0 Å². The van der Waals surface area contributed by atoms with E-state index in [4.69, 9.17) is 19.9 Å². The van der Waals surface area contributed by atoms with Crippen molar-refractivity contribution in [3.05, 3.63) is 36.4 Å². The van der Waals surface area contributed by atoms with Gasteiger partial charge in [0.05, 0.1) is 0 Å². The van der Waals surface area contributed by atoms with Crippen LogP contribution in [0.4, 0.5) is 0 Å². The van der Waals surface area contributed by atoms with Crippen molar-refractivity contribution < 1.29 is 0 Å². The van der Waals surface area contributed by atoms with Crippen LogP contribution in [0.1, 0.15) is 350 Å². The van der Waals surface area contributed by atoms with Crippen molar-refractivity contribution >= 4 is 115 Å². The van der Waals surface area contributed by atoms with Crippen molar-refractivity contribution in [2.75, 3.05) is 34.5 Å². The predicted octanol–water partition coefficient (Wildman–Crippen LogP) is 30.7. The molecule has 0 saturated heterocycles. The van der Waals surface area contributed by atoms with Crippen molar-refractivity contribution in [2.45, 2.75) is 379 Å². The molecule has 12 heteroatoms. The third-order valence-electron chi connectivity index (χ3n) is 19.6. The van der Waals surface area contributed by atoms with E-state index in [1.54, 1.807) is 0 Å².